The zero-order valence-corrected chi connectivity index (χ0v) is 16.9. The van der Waals surface area contributed by atoms with Crippen LogP contribution in [0.25, 0.3) is 0 Å². The lowest BCUT2D eigenvalue weighted by Crippen LogP contribution is -2.32. The van der Waals surface area contributed by atoms with Crippen LogP contribution in [0.4, 0.5) is 5.69 Å². The summed E-state index contributed by atoms with van der Waals surface area (Å²) in [7, 11) is -1.95. The number of esters is 1. The molecule has 0 saturated carbocycles. The first kappa shape index (κ1) is 22.0. The van der Waals surface area contributed by atoms with Crippen LogP contribution in [0.1, 0.15) is 50.9 Å². The summed E-state index contributed by atoms with van der Waals surface area (Å²) in [5.74, 6) is -0.790. The van der Waals surface area contributed by atoms with E-state index in [1.165, 1.54) is 4.90 Å². The Morgan fingerprint density at radius 3 is 2.38 bits per heavy atom. The van der Waals surface area contributed by atoms with Crippen LogP contribution in [0.2, 0.25) is 0 Å². The van der Waals surface area contributed by atoms with Crippen molar-refractivity contribution in [2.24, 2.45) is 0 Å². The minimum Gasteiger partial charge on any atom is -0.460 e. The van der Waals surface area contributed by atoms with Crippen LogP contribution in [-0.4, -0.2) is 50.1 Å². The van der Waals surface area contributed by atoms with Crippen molar-refractivity contribution in [2.45, 2.75) is 46.1 Å². The fourth-order valence-corrected chi connectivity index (χ4v) is 3.36. The van der Waals surface area contributed by atoms with E-state index < -0.39 is 21.6 Å². The molecule has 0 fully saturated rings. The zero-order valence-electron chi connectivity index (χ0n) is 16.0. The third kappa shape index (κ3) is 7.43. The largest absolute Gasteiger partial charge is 0.460 e. The van der Waals surface area contributed by atoms with Crippen LogP contribution in [0.15, 0.2) is 24.3 Å². The standard InChI is InChI=1S/C18H28N2O5S/c1-6-13-26(23,24)19-15-10-8-7-9-14(15)17(22)20(5)12-11-16(21)25-18(2,3)4/h7-10,19H,6,11-13H2,1-5H3. The molecule has 0 bridgehead atoms. The minimum absolute atomic E-state index is 0.0238. The normalized spacial score (nSPS) is 11.7. The number of carbonyl (C=O) groups is 2. The Hall–Kier alpha value is -2.09. The van der Waals surface area contributed by atoms with Crippen LogP contribution in [-0.2, 0) is 19.6 Å². The summed E-state index contributed by atoms with van der Waals surface area (Å²) in [6.45, 7) is 7.26. The summed E-state index contributed by atoms with van der Waals surface area (Å²) in [5, 5.41) is 0. The highest BCUT2D eigenvalue weighted by molar-refractivity contribution is 7.92. The number of hydrogen-bond donors (Lipinski definition) is 1. The van der Waals surface area contributed by atoms with E-state index in [1.807, 2.05) is 0 Å². The van der Waals surface area contributed by atoms with Crippen LogP contribution in [0.5, 0.6) is 0 Å². The van der Waals surface area contributed by atoms with Crippen molar-refractivity contribution >= 4 is 27.6 Å². The number of amides is 1. The molecular weight excluding hydrogens is 356 g/mol. The van der Waals surface area contributed by atoms with Crippen molar-refractivity contribution in [3.05, 3.63) is 29.8 Å². The van der Waals surface area contributed by atoms with Gasteiger partial charge < -0.3 is 9.64 Å². The highest BCUT2D eigenvalue weighted by atomic mass is 32.2. The molecule has 1 N–H and O–H groups in total. The molecule has 0 aromatic heterocycles. The van der Waals surface area contributed by atoms with Gasteiger partial charge in [-0.1, -0.05) is 19.1 Å². The maximum Gasteiger partial charge on any atom is 0.308 e. The second-order valence-corrected chi connectivity index (χ2v) is 8.87. The van der Waals surface area contributed by atoms with Crippen molar-refractivity contribution in [3.63, 3.8) is 0 Å². The first-order valence-electron chi connectivity index (χ1n) is 8.52. The van der Waals surface area contributed by atoms with Gasteiger partial charge in [-0.25, -0.2) is 8.42 Å². The number of benzene rings is 1. The second-order valence-electron chi connectivity index (χ2n) is 7.03. The minimum atomic E-state index is -3.51. The Morgan fingerprint density at radius 2 is 1.81 bits per heavy atom. The molecule has 1 aromatic carbocycles. The van der Waals surface area contributed by atoms with Gasteiger partial charge in [0.2, 0.25) is 10.0 Å². The van der Waals surface area contributed by atoms with Crippen LogP contribution in [0.3, 0.4) is 0 Å². The molecule has 1 amide bonds. The summed E-state index contributed by atoms with van der Waals surface area (Å²) in [6, 6.07) is 6.41. The molecule has 0 aliphatic heterocycles. The van der Waals surface area contributed by atoms with Crippen molar-refractivity contribution in [1.82, 2.24) is 4.90 Å². The van der Waals surface area contributed by atoms with E-state index in [0.717, 1.165) is 0 Å². The van der Waals surface area contributed by atoms with Gasteiger partial charge in [0.15, 0.2) is 0 Å². The first-order chi connectivity index (χ1) is 11.9. The lowest BCUT2D eigenvalue weighted by molar-refractivity contribution is -0.154. The second kappa shape index (κ2) is 9.02. The Kier molecular flexibility index (Phi) is 7.62. The number of nitrogens with zero attached hydrogens (tertiary/aromatic N) is 1. The average Bonchev–Trinajstić information content (AvgIpc) is 2.50. The van der Waals surface area contributed by atoms with Crippen LogP contribution < -0.4 is 4.72 Å². The molecule has 1 rings (SSSR count). The van der Waals surface area contributed by atoms with Gasteiger partial charge >= 0.3 is 5.97 Å². The Morgan fingerprint density at radius 1 is 1.19 bits per heavy atom. The van der Waals surface area contributed by atoms with Gasteiger partial charge in [-0.05, 0) is 39.3 Å². The molecule has 0 heterocycles. The SMILES string of the molecule is CCCS(=O)(=O)Nc1ccccc1C(=O)N(C)CCC(=O)OC(C)(C)C. The predicted octanol–water partition coefficient (Wildman–Crippen LogP) is 2.64. The number of para-hydroxylation sites is 1. The Balaban J connectivity index is 2.82. The van der Waals surface area contributed by atoms with Crippen molar-refractivity contribution in [1.29, 1.82) is 0 Å². The van der Waals surface area contributed by atoms with Gasteiger partial charge in [0, 0.05) is 13.6 Å². The number of ether oxygens (including phenoxy) is 1. The molecule has 146 valence electrons. The van der Waals surface area contributed by atoms with E-state index in [2.05, 4.69) is 4.72 Å². The van der Waals surface area contributed by atoms with Gasteiger partial charge in [-0.15, -0.1) is 0 Å². The molecular formula is C18H28N2O5S. The van der Waals surface area contributed by atoms with Gasteiger partial charge in [-0.2, -0.15) is 0 Å². The fraction of sp³-hybridized carbons (Fsp3) is 0.556. The summed E-state index contributed by atoms with van der Waals surface area (Å²) in [4.78, 5) is 25.8. The molecule has 0 unspecified atom stereocenters. The molecule has 1 aromatic rings. The maximum atomic E-state index is 12.6. The fourth-order valence-electron chi connectivity index (χ4n) is 2.20. The predicted molar refractivity (Wildman–Crippen MR) is 102 cm³/mol. The molecule has 26 heavy (non-hydrogen) atoms. The van der Waals surface area contributed by atoms with E-state index in [0.29, 0.717) is 6.42 Å². The monoisotopic (exact) mass is 384 g/mol. The molecule has 0 aliphatic rings. The lowest BCUT2D eigenvalue weighted by Gasteiger charge is -2.22. The Labute approximate surface area is 155 Å². The number of sulfonamides is 1. The van der Waals surface area contributed by atoms with Crippen molar-refractivity contribution < 1.29 is 22.7 Å². The highest BCUT2D eigenvalue weighted by Crippen LogP contribution is 2.19. The average molecular weight is 384 g/mol. The van der Waals surface area contributed by atoms with Crippen molar-refractivity contribution in [3.8, 4) is 0 Å². The molecule has 8 heteroatoms. The molecule has 0 spiro atoms. The van der Waals surface area contributed by atoms with Crippen molar-refractivity contribution in [2.75, 3.05) is 24.1 Å². The number of carbonyl (C=O) groups excluding carboxylic acids is 2. The zero-order chi connectivity index (χ0) is 20.0. The number of anilines is 1. The number of hydrogen-bond acceptors (Lipinski definition) is 5. The quantitative estimate of drug-likeness (QED) is 0.696. The van der Waals surface area contributed by atoms with Crippen LogP contribution >= 0.6 is 0 Å². The van der Waals surface area contributed by atoms with Crippen LogP contribution in [0, 0.1) is 0 Å². The first-order valence-corrected chi connectivity index (χ1v) is 10.2. The van der Waals surface area contributed by atoms with E-state index >= 15 is 0 Å². The smallest absolute Gasteiger partial charge is 0.308 e. The summed E-state index contributed by atoms with van der Waals surface area (Å²) >= 11 is 0. The molecule has 0 atom stereocenters. The van der Waals surface area contributed by atoms with E-state index in [9.17, 15) is 18.0 Å². The van der Waals surface area contributed by atoms with E-state index in [4.69, 9.17) is 4.74 Å². The summed E-state index contributed by atoms with van der Waals surface area (Å²) < 4.78 is 31.7. The number of rotatable bonds is 8. The molecule has 0 saturated heterocycles. The van der Waals surface area contributed by atoms with Gasteiger partial charge in [0.25, 0.3) is 5.91 Å². The molecule has 0 radical (unpaired) electrons. The maximum absolute atomic E-state index is 12.6. The van der Waals surface area contributed by atoms with Gasteiger partial charge in [0.05, 0.1) is 23.4 Å². The molecule has 7 nitrogen and oxygen atoms in total. The topological polar surface area (TPSA) is 92.8 Å². The van der Waals surface area contributed by atoms with E-state index in [-0.39, 0.29) is 35.9 Å². The summed E-state index contributed by atoms with van der Waals surface area (Å²) in [5.41, 5.74) is -0.113. The Bertz CT molecular complexity index is 738. The molecule has 0 aliphatic carbocycles. The number of nitrogens with one attached hydrogen (secondary N) is 1. The van der Waals surface area contributed by atoms with Gasteiger partial charge in [0.1, 0.15) is 5.60 Å². The lowest BCUT2D eigenvalue weighted by atomic mass is 10.1. The van der Waals surface area contributed by atoms with E-state index in [1.54, 1.807) is 59.0 Å². The van der Waals surface area contributed by atoms with Gasteiger partial charge in [-0.3, -0.25) is 14.3 Å². The summed E-state index contributed by atoms with van der Waals surface area (Å²) in [6.07, 6.45) is 0.532. The third-order valence-corrected chi connectivity index (χ3v) is 4.79. The highest BCUT2D eigenvalue weighted by Gasteiger charge is 2.21. The third-order valence-electron chi connectivity index (χ3n) is 3.31.